The molecule has 1 aliphatic rings. The minimum absolute atomic E-state index is 0.210. The van der Waals surface area contributed by atoms with Crippen molar-refractivity contribution in [1.29, 1.82) is 0 Å². The predicted molar refractivity (Wildman–Crippen MR) is 89.0 cm³/mol. The summed E-state index contributed by atoms with van der Waals surface area (Å²) in [5.74, 6) is -0.173. The van der Waals surface area contributed by atoms with Crippen LogP contribution in [0.2, 0.25) is 0 Å². The molecule has 0 spiro atoms. The van der Waals surface area contributed by atoms with Gasteiger partial charge in [0.2, 0.25) is 0 Å². The average molecular weight is 401 g/mol. The van der Waals surface area contributed by atoms with Crippen molar-refractivity contribution in [3.63, 3.8) is 0 Å². The molecule has 0 aromatic heterocycles. The van der Waals surface area contributed by atoms with Crippen LogP contribution in [-0.2, 0) is 9.53 Å². The lowest BCUT2D eigenvalue weighted by Crippen LogP contribution is -2.42. The first-order valence-electron chi connectivity index (χ1n) is 7.29. The summed E-state index contributed by atoms with van der Waals surface area (Å²) < 4.78 is 5.91. The molecule has 1 N–H and O–H groups in total. The van der Waals surface area contributed by atoms with Crippen LogP contribution in [0.3, 0.4) is 0 Å². The largest absolute Gasteiger partial charge is 0.452 e. The van der Waals surface area contributed by atoms with Crippen LogP contribution < -0.4 is 5.32 Å². The Bertz CT molecular complexity index is 518. The second kappa shape index (κ2) is 7.77. The van der Waals surface area contributed by atoms with E-state index in [1.54, 1.807) is 12.1 Å². The third kappa shape index (κ3) is 4.69. The Morgan fingerprint density at radius 3 is 2.71 bits per heavy atom. The Labute approximate surface area is 138 Å². The Hall–Kier alpha value is -1.11. The monoisotopic (exact) mass is 401 g/mol. The number of esters is 1. The topological polar surface area (TPSA) is 55.4 Å². The fraction of sp³-hybridized carbons (Fsp3) is 0.500. The standard InChI is InChI=1S/C16H20INO3/c1-11-6-2-5-9-14(11)18-15(19)10-21-16(20)12-7-3-4-8-13(12)17/h3-4,7-8,11,14H,2,5-6,9-10H2,1H3,(H,18,19)/t11-,14+/m0/s1. The van der Waals surface area contributed by atoms with E-state index in [2.05, 4.69) is 34.8 Å². The summed E-state index contributed by atoms with van der Waals surface area (Å²) in [5.41, 5.74) is 0.497. The quantitative estimate of drug-likeness (QED) is 0.623. The highest BCUT2D eigenvalue weighted by Gasteiger charge is 2.23. The summed E-state index contributed by atoms with van der Waals surface area (Å²) in [6, 6.07) is 7.38. The summed E-state index contributed by atoms with van der Waals surface area (Å²) >= 11 is 2.08. The van der Waals surface area contributed by atoms with Gasteiger partial charge in [-0.2, -0.15) is 0 Å². The van der Waals surface area contributed by atoms with E-state index in [0.29, 0.717) is 11.5 Å². The maximum absolute atomic E-state index is 11.9. The molecule has 0 saturated heterocycles. The number of benzene rings is 1. The van der Waals surface area contributed by atoms with E-state index in [0.717, 1.165) is 22.8 Å². The van der Waals surface area contributed by atoms with E-state index in [9.17, 15) is 9.59 Å². The minimum atomic E-state index is -0.452. The molecule has 0 radical (unpaired) electrons. The van der Waals surface area contributed by atoms with Crippen molar-refractivity contribution in [3.8, 4) is 0 Å². The highest BCUT2D eigenvalue weighted by atomic mass is 127. The van der Waals surface area contributed by atoms with Crippen LogP contribution >= 0.6 is 22.6 Å². The molecule has 1 saturated carbocycles. The van der Waals surface area contributed by atoms with Gasteiger partial charge in [-0.25, -0.2) is 4.79 Å². The lowest BCUT2D eigenvalue weighted by molar-refractivity contribution is -0.125. The molecule has 114 valence electrons. The number of hydrogen-bond donors (Lipinski definition) is 1. The first-order chi connectivity index (χ1) is 10.1. The SMILES string of the molecule is C[C@H]1CCCC[C@H]1NC(=O)COC(=O)c1ccccc1I. The van der Waals surface area contributed by atoms with Crippen LogP contribution in [0.4, 0.5) is 0 Å². The maximum atomic E-state index is 11.9. The van der Waals surface area contributed by atoms with Gasteiger partial charge in [-0.3, -0.25) is 4.79 Å². The zero-order valence-corrected chi connectivity index (χ0v) is 14.3. The number of amides is 1. The molecule has 1 aromatic carbocycles. The van der Waals surface area contributed by atoms with E-state index < -0.39 is 5.97 Å². The fourth-order valence-electron chi connectivity index (χ4n) is 2.61. The van der Waals surface area contributed by atoms with E-state index in [1.165, 1.54) is 6.42 Å². The van der Waals surface area contributed by atoms with E-state index in [-0.39, 0.29) is 18.6 Å². The minimum Gasteiger partial charge on any atom is -0.452 e. The highest BCUT2D eigenvalue weighted by Crippen LogP contribution is 2.23. The smallest absolute Gasteiger partial charge is 0.339 e. The summed E-state index contributed by atoms with van der Waals surface area (Å²) in [6.07, 6.45) is 4.54. The second-order valence-electron chi connectivity index (χ2n) is 5.49. The molecule has 1 fully saturated rings. The predicted octanol–water partition coefficient (Wildman–Crippen LogP) is 3.14. The van der Waals surface area contributed by atoms with Crippen molar-refractivity contribution in [1.82, 2.24) is 5.32 Å². The van der Waals surface area contributed by atoms with Crippen LogP contribution in [0, 0.1) is 9.49 Å². The lowest BCUT2D eigenvalue weighted by atomic mass is 9.86. The summed E-state index contributed by atoms with van der Waals surface area (Å²) in [7, 11) is 0. The molecule has 21 heavy (non-hydrogen) atoms. The van der Waals surface area contributed by atoms with Gasteiger partial charge in [0.05, 0.1) is 5.56 Å². The van der Waals surface area contributed by atoms with Gasteiger partial charge in [0.1, 0.15) is 0 Å². The molecular weight excluding hydrogens is 381 g/mol. The number of halogens is 1. The fourth-order valence-corrected chi connectivity index (χ4v) is 3.22. The first-order valence-corrected chi connectivity index (χ1v) is 8.37. The van der Waals surface area contributed by atoms with Crippen LogP contribution in [0.5, 0.6) is 0 Å². The Kier molecular flexibility index (Phi) is 6.02. The van der Waals surface area contributed by atoms with Crippen molar-refractivity contribution in [2.24, 2.45) is 5.92 Å². The maximum Gasteiger partial charge on any atom is 0.339 e. The second-order valence-corrected chi connectivity index (χ2v) is 6.65. The van der Waals surface area contributed by atoms with Gasteiger partial charge in [0.15, 0.2) is 6.61 Å². The van der Waals surface area contributed by atoms with Crippen LogP contribution in [-0.4, -0.2) is 24.5 Å². The molecule has 1 aromatic rings. The zero-order valence-electron chi connectivity index (χ0n) is 12.1. The first kappa shape index (κ1) is 16.3. The molecule has 2 rings (SSSR count). The lowest BCUT2D eigenvalue weighted by Gasteiger charge is -2.29. The van der Waals surface area contributed by atoms with Crippen LogP contribution in [0.25, 0.3) is 0 Å². The molecule has 2 atom stereocenters. The number of carbonyl (C=O) groups is 2. The zero-order chi connectivity index (χ0) is 15.2. The Morgan fingerprint density at radius 1 is 1.29 bits per heavy atom. The van der Waals surface area contributed by atoms with Gasteiger partial charge in [0, 0.05) is 9.61 Å². The van der Waals surface area contributed by atoms with Gasteiger partial charge < -0.3 is 10.1 Å². The molecule has 1 amide bonds. The van der Waals surface area contributed by atoms with Gasteiger partial charge in [-0.05, 0) is 53.5 Å². The van der Waals surface area contributed by atoms with E-state index in [4.69, 9.17) is 4.74 Å². The molecule has 0 aliphatic heterocycles. The van der Waals surface area contributed by atoms with Crippen LogP contribution in [0.15, 0.2) is 24.3 Å². The Balaban J connectivity index is 1.81. The van der Waals surface area contributed by atoms with Gasteiger partial charge >= 0.3 is 5.97 Å². The summed E-state index contributed by atoms with van der Waals surface area (Å²) in [4.78, 5) is 23.8. The third-order valence-electron chi connectivity index (χ3n) is 3.89. The van der Waals surface area contributed by atoms with Crippen molar-refractivity contribution >= 4 is 34.5 Å². The molecule has 5 heteroatoms. The van der Waals surface area contributed by atoms with Gasteiger partial charge in [-0.15, -0.1) is 0 Å². The number of rotatable bonds is 4. The van der Waals surface area contributed by atoms with Crippen molar-refractivity contribution in [3.05, 3.63) is 33.4 Å². The Morgan fingerprint density at radius 2 is 2.00 bits per heavy atom. The number of hydrogen-bond acceptors (Lipinski definition) is 3. The van der Waals surface area contributed by atoms with E-state index in [1.807, 2.05) is 12.1 Å². The number of ether oxygens (including phenoxy) is 1. The molecule has 0 heterocycles. The number of nitrogens with one attached hydrogen (secondary N) is 1. The average Bonchev–Trinajstić information content (AvgIpc) is 2.48. The normalized spacial score (nSPS) is 21.6. The van der Waals surface area contributed by atoms with Gasteiger partial charge in [-0.1, -0.05) is 31.9 Å². The molecular formula is C16H20INO3. The highest BCUT2D eigenvalue weighted by molar-refractivity contribution is 14.1. The molecule has 0 bridgehead atoms. The van der Waals surface area contributed by atoms with Crippen molar-refractivity contribution < 1.29 is 14.3 Å². The summed E-state index contributed by atoms with van der Waals surface area (Å²) in [6.45, 7) is 1.94. The molecule has 4 nitrogen and oxygen atoms in total. The molecule has 0 unspecified atom stereocenters. The number of carbonyl (C=O) groups excluding carboxylic acids is 2. The van der Waals surface area contributed by atoms with Gasteiger partial charge in [0.25, 0.3) is 5.91 Å². The van der Waals surface area contributed by atoms with E-state index >= 15 is 0 Å². The molecule has 1 aliphatic carbocycles. The summed E-state index contributed by atoms with van der Waals surface area (Å²) in [5, 5.41) is 2.97. The van der Waals surface area contributed by atoms with Crippen molar-refractivity contribution in [2.45, 2.75) is 38.6 Å². The van der Waals surface area contributed by atoms with Crippen LogP contribution in [0.1, 0.15) is 43.0 Å². The van der Waals surface area contributed by atoms with Crippen molar-refractivity contribution in [2.75, 3.05) is 6.61 Å². The third-order valence-corrected chi connectivity index (χ3v) is 4.83.